The molecule has 0 fully saturated rings. The van der Waals surface area contributed by atoms with Crippen molar-refractivity contribution in [2.45, 2.75) is 19.5 Å². The summed E-state index contributed by atoms with van der Waals surface area (Å²) in [7, 11) is 1.30. The van der Waals surface area contributed by atoms with Crippen LogP contribution in [0.2, 0.25) is 0 Å². The molecule has 1 aromatic rings. The van der Waals surface area contributed by atoms with Crippen LogP contribution in [0.3, 0.4) is 0 Å². The first kappa shape index (κ1) is 13.9. The summed E-state index contributed by atoms with van der Waals surface area (Å²) in [5, 5.41) is 0. The standard InChI is InChI=1S/C11H11BrF2O3/c1-16-10(15)3-2-7-4-8(12)6-9(5-7)17-11(13)14/h4-6,11H,2-3H2,1H3. The number of carbonyl (C=O) groups excluding carboxylic acids is 1. The first-order valence-corrected chi connectivity index (χ1v) is 5.61. The summed E-state index contributed by atoms with van der Waals surface area (Å²) in [4.78, 5) is 10.9. The summed E-state index contributed by atoms with van der Waals surface area (Å²) in [5.74, 6) is -0.282. The molecule has 1 rings (SSSR count). The third-order valence-corrected chi connectivity index (χ3v) is 2.46. The van der Waals surface area contributed by atoms with Gasteiger partial charge in [-0.2, -0.15) is 8.78 Å². The molecule has 0 aromatic heterocycles. The molecular formula is C11H11BrF2O3. The third kappa shape index (κ3) is 5.12. The van der Waals surface area contributed by atoms with Crippen molar-refractivity contribution in [2.75, 3.05) is 7.11 Å². The molecule has 0 aliphatic heterocycles. The van der Waals surface area contributed by atoms with Gasteiger partial charge in [0.1, 0.15) is 5.75 Å². The number of aryl methyl sites for hydroxylation is 1. The molecule has 0 bridgehead atoms. The van der Waals surface area contributed by atoms with Gasteiger partial charge in [-0.05, 0) is 30.2 Å². The van der Waals surface area contributed by atoms with Crippen molar-refractivity contribution >= 4 is 21.9 Å². The minimum absolute atomic E-state index is 0.0641. The zero-order valence-corrected chi connectivity index (χ0v) is 10.7. The van der Waals surface area contributed by atoms with E-state index in [1.807, 2.05) is 0 Å². The molecule has 0 unspecified atom stereocenters. The Hall–Kier alpha value is -1.17. The summed E-state index contributed by atoms with van der Waals surface area (Å²) >= 11 is 3.19. The molecule has 0 saturated heterocycles. The molecule has 1 aromatic carbocycles. The van der Waals surface area contributed by atoms with Crippen LogP contribution in [0.25, 0.3) is 0 Å². The maximum Gasteiger partial charge on any atom is 0.387 e. The Balaban J connectivity index is 2.71. The highest BCUT2D eigenvalue weighted by molar-refractivity contribution is 9.10. The lowest BCUT2D eigenvalue weighted by Crippen LogP contribution is -2.04. The quantitative estimate of drug-likeness (QED) is 0.784. The second-order valence-corrected chi connectivity index (χ2v) is 4.17. The molecule has 0 spiro atoms. The van der Waals surface area contributed by atoms with Crippen LogP contribution in [-0.2, 0) is 16.0 Å². The maximum atomic E-state index is 12.0. The number of rotatable bonds is 5. The molecule has 6 heteroatoms. The van der Waals surface area contributed by atoms with E-state index in [4.69, 9.17) is 0 Å². The van der Waals surface area contributed by atoms with Gasteiger partial charge >= 0.3 is 12.6 Å². The third-order valence-electron chi connectivity index (χ3n) is 2.00. The monoisotopic (exact) mass is 308 g/mol. The molecule has 94 valence electrons. The number of esters is 1. The van der Waals surface area contributed by atoms with Gasteiger partial charge in [0.15, 0.2) is 0 Å². The van der Waals surface area contributed by atoms with Crippen LogP contribution in [0, 0.1) is 0 Å². The van der Waals surface area contributed by atoms with E-state index in [2.05, 4.69) is 25.4 Å². The average Bonchev–Trinajstić information content (AvgIpc) is 2.24. The lowest BCUT2D eigenvalue weighted by atomic mass is 10.1. The zero-order chi connectivity index (χ0) is 12.8. The number of benzene rings is 1. The Morgan fingerprint density at radius 2 is 2.12 bits per heavy atom. The smallest absolute Gasteiger partial charge is 0.387 e. The van der Waals surface area contributed by atoms with Gasteiger partial charge in [0.2, 0.25) is 0 Å². The fourth-order valence-corrected chi connectivity index (χ4v) is 1.80. The number of halogens is 3. The van der Waals surface area contributed by atoms with E-state index < -0.39 is 6.61 Å². The normalized spacial score (nSPS) is 10.4. The molecule has 0 aliphatic rings. The van der Waals surface area contributed by atoms with Crippen LogP contribution in [0.1, 0.15) is 12.0 Å². The van der Waals surface area contributed by atoms with E-state index in [-0.39, 0.29) is 18.1 Å². The predicted octanol–water partition coefficient (Wildman–Crippen LogP) is 3.16. The van der Waals surface area contributed by atoms with Gasteiger partial charge in [-0.15, -0.1) is 0 Å². The molecular weight excluding hydrogens is 298 g/mol. The minimum Gasteiger partial charge on any atom is -0.469 e. The first-order valence-electron chi connectivity index (χ1n) is 4.82. The van der Waals surface area contributed by atoms with E-state index in [0.717, 1.165) is 5.56 Å². The topological polar surface area (TPSA) is 35.5 Å². The number of carbonyl (C=O) groups is 1. The van der Waals surface area contributed by atoms with Crippen molar-refractivity contribution in [3.8, 4) is 5.75 Å². The van der Waals surface area contributed by atoms with E-state index in [1.165, 1.54) is 19.2 Å². The summed E-state index contributed by atoms with van der Waals surface area (Å²) < 4.78 is 33.5. The Kier molecular flexibility index (Phi) is 5.34. The molecule has 3 nitrogen and oxygen atoms in total. The second-order valence-electron chi connectivity index (χ2n) is 3.25. The van der Waals surface area contributed by atoms with Crippen molar-refractivity contribution in [1.82, 2.24) is 0 Å². The van der Waals surface area contributed by atoms with Gasteiger partial charge in [-0.3, -0.25) is 4.79 Å². The molecule has 0 aliphatic carbocycles. The highest BCUT2D eigenvalue weighted by Gasteiger charge is 2.08. The van der Waals surface area contributed by atoms with E-state index >= 15 is 0 Å². The van der Waals surface area contributed by atoms with Crippen LogP contribution in [-0.4, -0.2) is 19.7 Å². The van der Waals surface area contributed by atoms with Gasteiger partial charge in [0, 0.05) is 10.9 Å². The number of methoxy groups -OCH3 is 1. The van der Waals surface area contributed by atoms with Crippen molar-refractivity contribution in [3.05, 3.63) is 28.2 Å². The van der Waals surface area contributed by atoms with Gasteiger partial charge in [0.05, 0.1) is 7.11 Å². The van der Waals surface area contributed by atoms with Gasteiger partial charge in [-0.1, -0.05) is 15.9 Å². The van der Waals surface area contributed by atoms with Crippen LogP contribution in [0.4, 0.5) is 8.78 Å². The highest BCUT2D eigenvalue weighted by Crippen LogP contribution is 2.23. The zero-order valence-electron chi connectivity index (χ0n) is 9.08. The fraction of sp³-hybridized carbons (Fsp3) is 0.364. The number of hydrogen-bond acceptors (Lipinski definition) is 3. The van der Waals surface area contributed by atoms with Gasteiger partial charge in [-0.25, -0.2) is 0 Å². The van der Waals surface area contributed by atoms with Crippen molar-refractivity contribution in [1.29, 1.82) is 0 Å². The summed E-state index contributed by atoms with van der Waals surface area (Å²) in [6, 6.07) is 4.65. The Morgan fingerprint density at radius 1 is 1.41 bits per heavy atom. The first-order chi connectivity index (χ1) is 8.01. The number of hydrogen-bond donors (Lipinski definition) is 0. The van der Waals surface area contributed by atoms with E-state index in [1.54, 1.807) is 6.07 Å². The number of alkyl halides is 2. The van der Waals surface area contributed by atoms with E-state index in [9.17, 15) is 13.6 Å². The molecule has 0 amide bonds. The summed E-state index contributed by atoms with van der Waals surface area (Å²) in [5.41, 5.74) is 0.723. The molecule has 0 saturated carbocycles. The summed E-state index contributed by atoms with van der Waals surface area (Å²) in [6.45, 7) is -2.86. The van der Waals surface area contributed by atoms with Crippen molar-refractivity contribution in [2.24, 2.45) is 0 Å². The van der Waals surface area contributed by atoms with Crippen LogP contribution >= 0.6 is 15.9 Å². The molecule has 17 heavy (non-hydrogen) atoms. The Labute approximate surface area is 106 Å². The fourth-order valence-electron chi connectivity index (χ4n) is 1.28. The lowest BCUT2D eigenvalue weighted by molar-refractivity contribution is -0.140. The van der Waals surface area contributed by atoms with Crippen molar-refractivity contribution in [3.63, 3.8) is 0 Å². The summed E-state index contributed by atoms with van der Waals surface area (Å²) in [6.07, 6.45) is 0.604. The number of ether oxygens (including phenoxy) is 2. The van der Waals surface area contributed by atoms with Gasteiger partial charge in [0.25, 0.3) is 0 Å². The molecule has 0 N–H and O–H groups in total. The second kappa shape index (κ2) is 6.54. The average molecular weight is 309 g/mol. The Bertz CT molecular complexity index is 396. The van der Waals surface area contributed by atoms with Crippen LogP contribution in [0.5, 0.6) is 5.75 Å². The maximum absolute atomic E-state index is 12.0. The molecule has 0 radical (unpaired) electrons. The SMILES string of the molecule is COC(=O)CCc1cc(Br)cc(OC(F)F)c1. The van der Waals surface area contributed by atoms with Crippen molar-refractivity contribution < 1.29 is 23.0 Å². The van der Waals surface area contributed by atoms with Gasteiger partial charge < -0.3 is 9.47 Å². The largest absolute Gasteiger partial charge is 0.469 e. The lowest BCUT2D eigenvalue weighted by Gasteiger charge is -2.07. The minimum atomic E-state index is -2.86. The molecule has 0 atom stereocenters. The molecule has 0 heterocycles. The van der Waals surface area contributed by atoms with Crippen LogP contribution < -0.4 is 4.74 Å². The predicted molar refractivity (Wildman–Crippen MR) is 61.1 cm³/mol. The highest BCUT2D eigenvalue weighted by atomic mass is 79.9. The van der Waals surface area contributed by atoms with E-state index in [0.29, 0.717) is 10.9 Å². The van der Waals surface area contributed by atoms with Crippen LogP contribution in [0.15, 0.2) is 22.7 Å². The Morgan fingerprint density at radius 3 is 2.71 bits per heavy atom.